The predicted octanol–water partition coefficient (Wildman–Crippen LogP) is 3.10. The molecule has 2 aromatic rings. The Morgan fingerprint density at radius 2 is 1.45 bits per heavy atom. The summed E-state index contributed by atoms with van der Waals surface area (Å²) in [6.45, 7) is 2.87. The predicted molar refractivity (Wildman–Crippen MR) is 85.1 cm³/mol. The third-order valence-electron chi connectivity index (χ3n) is 3.03. The van der Waals surface area contributed by atoms with Gasteiger partial charge in [0.15, 0.2) is 5.78 Å². The van der Waals surface area contributed by atoms with Gasteiger partial charge in [-0.25, -0.2) is 0 Å². The first-order valence-electron chi connectivity index (χ1n) is 6.76. The number of rotatable bonds is 4. The van der Waals surface area contributed by atoms with Crippen LogP contribution in [0.4, 0.5) is 11.4 Å². The van der Waals surface area contributed by atoms with Gasteiger partial charge in [-0.05, 0) is 43.3 Å². The SMILES string of the molecule is CC(=O)Nc1ccccc1C(=O)Nc1ccc(C(C)=O)cc1. The summed E-state index contributed by atoms with van der Waals surface area (Å²) >= 11 is 0. The van der Waals surface area contributed by atoms with E-state index in [1.807, 2.05) is 0 Å². The fourth-order valence-corrected chi connectivity index (χ4v) is 1.97. The van der Waals surface area contributed by atoms with Gasteiger partial charge in [0.2, 0.25) is 5.91 Å². The quantitative estimate of drug-likeness (QED) is 0.851. The molecule has 0 spiro atoms. The third-order valence-corrected chi connectivity index (χ3v) is 3.03. The monoisotopic (exact) mass is 296 g/mol. The minimum Gasteiger partial charge on any atom is -0.326 e. The first-order valence-corrected chi connectivity index (χ1v) is 6.76. The van der Waals surface area contributed by atoms with E-state index in [4.69, 9.17) is 0 Å². The molecule has 0 aliphatic rings. The van der Waals surface area contributed by atoms with Crippen LogP contribution in [0, 0.1) is 0 Å². The minimum atomic E-state index is -0.333. The number of Topliss-reactive ketones (excluding diaryl/α,β-unsaturated/α-hetero) is 1. The summed E-state index contributed by atoms with van der Waals surface area (Å²) in [7, 11) is 0. The van der Waals surface area contributed by atoms with Crippen LogP contribution in [-0.2, 0) is 4.79 Å². The Morgan fingerprint density at radius 3 is 2.05 bits per heavy atom. The Labute approximate surface area is 128 Å². The maximum Gasteiger partial charge on any atom is 0.257 e. The number of anilines is 2. The second-order valence-electron chi connectivity index (χ2n) is 4.81. The number of ketones is 1. The second kappa shape index (κ2) is 6.67. The molecular formula is C17H16N2O3. The number of para-hydroxylation sites is 1. The Bertz CT molecular complexity index is 721. The molecule has 0 heterocycles. The lowest BCUT2D eigenvalue weighted by Crippen LogP contribution is -2.16. The fourth-order valence-electron chi connectivity index (χ4n) is 1.97. The van der Waals surface area contributed by atoms with Crippen LogP contribution in [0.25, 0.3) is 0 Å². The van der Waals surface area contributed by atoms with Crippen LogP contribution in [0.2, 0.25) is 0 Å². The number of hydrogen-bond donors (Lipinski definition) is 2. The topological polar surface area (TPSA) is 75.3 Å². The van der Waals surface area contributed by atoms with E-state index in [9.17, 15) is 14.4 Å². The first kappa shape index (κ1) is 15.4. The van der Waals surface area contributed by atoms with Crippen molar-refractivity contribution in [1.29, 1.82) is 0 Å². The van der Waals surface area contributed by atoms with E-state index in [0.29, 0.717) is 22.5 Å². The van der Waals surface area contributed by atoms with Crippen molar-refractivity contribution in [3.05, 3.63) is 59.7 Å². The molecule has 2 rings (SSSR count). The van der Waals surface area contributed by atoms with E-state index < -0.39 is 0 Å². The lowest BCUT2D eigenvalue weighted by Gasteiger charge is -2.10. The molecule has 0 aliphatic heterocycles. The Hall–Kier alpha value is -2.95. The molecule has 112 valence electrons. The van der Waals surface area contributed by atoms with E-state index in [1.54, 1.807) is 48.5 Å². The van der Waals surface area contributed by atoms with Gasteiger partial charge in [-0.1, -0.05) is 12.1 Å². The van der Waals surface area contributed by atoms with Gasteiger partial charge in [0.1, 0.15) is 0 Å². The van der Waals surface area contributed by atoms with Crippen molar-refractivity contribution in [3.63, 3.8) is 0 Å². The Balaban J connectivity index is 2.18. The highest BCUT2D eigenvalue weighted by Crippen LogP contribution is 2.18. The van der Waals surface area contributed by atoms with Gasteiger partial charge in [0.25, 0.3) is 5.91 Å². The summed E-state index contributed by atoms with van der Waals surface area (Å²) in [5.74, 6) is -0.611. The molecule has 5 heteroatoms. The van der Waals surface area contributed by atoms with Crippen LogP contribution in [0.1, 0.15) is 34.6 Å². The molecule has 2 aromatic carbocycles. The summed E-state index contributed by atoms with van der Waals surface area (Å²) in [4.78, 5) is 34.7. The zero-order valence-electron chi connectivity index (χ0n) is 12.3. The summed E-state index contributed by atoms with van der Waals surface area (Å²) in [5.41, 5.74) is 1.98. The summed E-state index contributed by atoms with van der Waals surface area (Å²) in [6.07, 6.45) is 0. The van der Waals surface area contributed by atoms with Gasteiger partial charge < -0.3 is 10.6 Å². The van der Waals surface area contributed by atoms with Gasteiger partial charge in [0, 0.05) is 18.2 Å². The summed E-state index contributed by atoms with van der Waals surface area (Å²) in [6, 6.07) is 13.4. The van der Waals surface area contributed by atoms with Gasteiger partial charge in [0.05, 0.1) is 11.3 Å². The Kier molecular flexibility index (Phi) is 4.68. The number of carbonyl (C=O) groups is 3. The van der Waals surface area contributed by atoms with Crippen molar-refractivity contribution in [2.24, 2.45) is 0 Å². The fraction of sp³-hybridized carbons (Fsp3) is 0.118. The van der Waals surface area contributed by atoms with Gasteiger partial charge in [-0.3, -0.25) is 14.4 Å². The number of amides is 2. The molecule has 0 saturated heterocycles. The molecule has 2 amide bonds. The lowest BCUT2D eigenvalue weighted by molar-refractivity contribution is -0.114. The van der Waals surface area contributed by atoms with Crippen LogP contribution < -0.4 is 10.6 Å². The van der Waals surface area contributed by atoms with E-state index >= 15 is 0 Å². The van der Waals surface area contributed by atoms with Crippen molar-refractivity contribution < 1.29 is 14.4 Å². The molecule has 0 aliphatic carbocycles. The van der Waals surface area contributed by atoms with Crippen molar-refractivity contribution in [1.82, 2.24) is 0 Å². The number of carbonyl (C=O) groups excluding carboxylic acids is 3. The smallest absolute Gasteiger partial charge is 0.257 e. The normalized spacial score (nSPS) is 9.91. The Morgan fingerprint density at radius 1 is 0.818 bits per heavy atom. The van der Waals surface area contributed by atoms with E-state index in [0.717, 1.165) is 0 Å². The molecule has 5 nitrogen and oxygen atoms in total. The van der Waals surface area contributed by atoms with Crippen LogP contribution >= 0.6 is 0 Å². The van der Waals surface area contributed by atoms with Crippen molar-refractivity contribution in [3.8, 4) is 0 Å². The molecule has 22 heavy (non-hydrogen) atoms. The zero-order chi connectivity index (χ0) is 16.1. The zero-order valence-corrected chi connectivity index (χ0v) is 12.3. The van der Waals surface area contributed by atoms with Crippen molar-refractivity contribution >= 4 is 29.0 Å². The highest BCUT2D eigenvalue weighted by molar-refractivity contribution is 6.10. The molecule has 2 N–H and O–H groups in total. The number of nitrogens with one attached hydrogen (secondary N) is 2. The molecule has 0 unspecified atom stereocenters. The maximum absolute atomic E-state index is 12.3. The minimum absolute atomic E-state index is 0.0334. The first-order chi connectivity index (χ1) is 10.5. The molecule has 0 radical (unpaired) electrons. The number of benzene rings is 2. The second-order valence-corrected chi connectivity index (χ2v) is 4.81. The average Bonchev–Trinajstić information content (AvgIpc) is 2.47. The lowest BCUT2D eigenvalue weighted by atomic mass is 10.1. The molecule has 0 bridgehead atoms. The summed E-state index contributed by atoms with van der Waals surface area (Å²) in [5, 5.41) is 5.36. The highest BCUT2D eigenvalue weighted by Gasteiger charge is 2.12. The number of hydrogen-bond acceptors (Lipinski definition) is 3. The van der Waals surface area contributed by atoms with Gasteiger partial charge >= 0.3 is 0 Å². The van der Waals surface area contributed by atoms with Gasteiger partial charge in [-0.15, -0.1) is 0 Å². The van der Waals surface area contributed by atoms with Gasteiger partial charge in [-0.2, -0.15) is 0 Å². The third kappa shape index (κ3) is 3.79. The molecule has 0 atom stereocenters. The molecule has 0 aromatic heterocycles. The standard InChI is InChI=1S/C17H16N2O3/c1-11(20)13-7-9-14(10-8-13)19-17(22)15-5-3-4-6-16(15)18-12(2)21/h3-10H,1-2H3,(H,18,21)(H,19,22). The molecular weight excluding hydrogens is 280 g/mol. The molecule has 0 saturated carbocycles. The van der Waals surface area contributed by atoms with Crippen molar-refractivity contribution in [2.75, 3.05) is 10.6 Å². The highest BCUT2D eigenvalue weighted by atomic mass is 16.2. The van der Waals surface area contributed by atoms with E-state index in [1.165, 1.54) is 13.8 Å². The summed E-state index contributed by atoms with van der Waals surface area (Å²) < 4.78 is 0. The largest absolute Gasteiger partial charge is 0.326 e. The average molecular weight is 296 g/mol. The van der Waals surface area contributed by atoms with Crippen LogP contribution in [0.5, 0.6) is 0 Å². The van der Waals surface area contributed by atoms with E-state index in [-0.39, 0.29) is 17.6 Å². The van der Waals surface area contributed by atoms with Crippen LogP contribution in [-0.4, -0.2) is 17.6 Å². The van der Waals surface area contributed by atoms with Crippen LogP contribution in [0.15, 0.2) is 48.5 Å². The van der Waals surface area contributed by atoms with Crippen molar-refractivity contribution in [2.45, 2.75) is 13.8 Å². The maximum atomic E-state index is 12.3. The van der Waals surface area contributed by atoms with Crippen LogP contribution in [0.3, 0.4) is 0 Å². The van der Waals surface area contributed by atoms with E-state index in [2.05, 4.69) is 10.6 Å². The molecule has 0 fully saturated rings.